The number of thiazole rings is 1. The first kappa shape index (κ1) is 21.6. The van der Waals surface area contributed by atoms with Crippen LogP contribution >= 0.6 is 22.9 Å². The van der Waals surface area contributed by atoms with E-state index < -0.39 is 0 Å². The number of aliphatic hydroxyl groups excluding tert-OH is 1. The molecular weight excluding hydrogens is 426 g/mol. The second-order valence-corrected chi connectivity index (χ2v) is 9.18. The van der Waals surface area contributed by atoms with Gasteiger partial charge in [-0.3, -0.25) is 4.90 Å². The van der Waals surface area contributed by atoms with E-state index in [9.17, 15) is 10.4 Å². The molecule has 2 aromatic carbocycles. The molecule has 0 radical (unpaired) electrons. The predicted molar refractivity (Wildman–Crippen MR) is 127 cm³/mol. The van der Waals surface area contributed by atoms with Gasteiger partial charge in [-0.2, -0.15) is 5.26 Å². The molecule has 3 aromatic rings. The highest BCUT2D eigenvalue weighted by Crippen LogP contribution is 2.29. The van der Waals surface area contributed by atoms with Crippen LogP contribution in [0.15, 0.2) is 65.7 Å². The van der Waals surface area contributed by atoms with Gasteiger partial charge in [-0.15, -0.1) is 11.3 Å². The highest BCUT2D eigenvalue weighted by molar-refractivity contribution is 7.11. The van der Waals surface area contributed by atoms with Crippen molar-refractivity contribution >= 4 is 28.5 Å². The van der Waals surface area contributed by atoms with Crippen molar-refractivity contribution in [3.63, 3.8) is 0 Å². The summed E-state index contributed by atoms with van der Waals surface area (Å²) < 4.78 is 0. The average molecular weight is 450 g/mol. The van der Waals surface area contributed by atoms with E-state index in [4.69, 9.17) is 11.6 Å². The number of hydrogen-bond acceptors (Lipinski definition) is 5. The van der Waals surface area contributed by atoms with Crippen LogP contribution in [0.2, 0.25) is 5.02 Å². The largest absolute Gasteiger partial charge is 0.509 e. The molecule has 4 nitrogen and oxygen atoms in total. The molecule has 0 spiro atoms. The van der Waals surface area contributed by atoms with Crippen molar-refractivity contribution in [2.45, 2.75) is 19.3 Å². The number of halogens is 1. The fraction of sp³-hybridized carbons (Fsp3) is 0.280. The Labute approximate surface area is 192 Å². The van der Waals surface area contributed by atoms with Crippen molar-refractivity contribution < 1.29 is 5.11 Å². The van der Waals surface area contributed by atoms with E-state index in [1.807, 2.05) is 29.6 Å². The van der Waals surface area contributed by atoms with Crippen molar-refractivity contribution in [3.8, 4) is 17.3 Å². The zero-order valence-electron chi connectivity index (χ0n) is 17.2. The maximum Gasteiger partial charge on any atom is 0.138 e. The Hall–Kier alpha value is -2.65. The van der Waals surface area contributed by atoms with Crippen molar-refractivity contribution in [1.82, 2.24) is 9.88 Å². The topological polar surface area (TPSA) is 60.1 Å². The molecule has 2 heterocycles. The molecule has 158 valence electrons. The van der Waals surface area contributed by atoms with Crippen molar-refractivity contribution in [1.29, 1.82) is 5.26 Å². The fourth-order valence-corrected chi connectivity index (χ4v) is 4.93. The molecule has 1 N–H and O–H groups in total. The number of aliphatic hydroxyl groups is 1. The summed E-state index contributed by atoms with van der Waals surface area (Å²) in [7, 11) is 0. The normalized spacial score (nSPS) is 16.0. The van der Waals surface area contributed by atoms with Gasteiger partial charge in [0.1, 0.15) is 22.4 Å². The molecular formula is C25H24ClN3OS. The van der Waals surface area contributed by atoms with E-state index in [2.05, 4.69) is 46.3 Å². The number of hydrogen-bond donors (Lipinski definition) is 1. The predicted octanol–water partition coefficient (Wildman–Crippen LogP) is 6.21. The van der Waals surface area contributed by atoms with E-state index in [0.717, 1.165) is 43.6 Å². The average Bonchev–Trinajstić information content (AvgIpc) is 3.26. The number of likely N-dealkylation sites (tertiary alicyclic amines) is 1. The van der Waals surface area contributed by atoms with Crippen molar-refractivity contribution in [2.75, 3.05) is 19.6 Å². The number of rotatable bonds is 6. The Bertz CT molecular complexity index is 1080. The molecule has 1 aliphatic rings. The van der Waals surface area contributed by atoms with E-state index in [1.165, 1.54) is 16.9 Å². The van der Waals surface area contributed by atoms with Gasteiger partial charge in [0.2, 0.25) is 0 Å². The van der Waals surface area contributed by atoms with Crippen LogP contribution in [-0.4, -0.2) is 34.6 Å². The first-order valence-electron chi connectivity index (χ1n) is 10.4. The fourth-order valence-electron chi connectivity index (χ4n) is 3.96. The van der Waals surface area contributed by atoms with Crippen LogP contribution in [-0.2, 0) is 6.42 Å². The molecule has 0 aliphatic carbocycles. The third-order valence-electron chi connectivity index (χ3n) is 5.71. The van der Waals surface area contributed by atoms with Gasteiger partial charge in [-0.05, 0) is 56.0 Å². The minimum absolute atomic E-state index is 0.0982. The van der Waals surface area contributed by atoms with Crippen LogP contribution < -0.4 is 0 Å². The molecule has 6 heteroatoms. The van der Waals surface area contributed by atoms with Gasteiger partial charge in [-0.1, -0.05) is 54.1 Å². The van der Waals surface area contributed by atoms with Crippen LogP contribution in [0.3, 0.4) is 0 Å². The summed E-state index contributed by atoms with van der Waals surface area (Å²) in [4.78, 5) is 6.80. The third kappa shape index (κ3) is 5.54. The number of aromatic nitrogens is 1. The maximum absolute atomic E-state index is 10.7. The lowest BCUT2D eigenvalue weighted by atomic mass is 9.90. The minimum atomic E-state index is 0.0982. The van der Waals surface area contributed by atoms with Crippen LogP contribution in [0.25, 0.3) is 16.8 Å². The molecule has 1 aromatic heterocycles. The SMILES string of the molecule is N#CC(=C(O)CN1CCC(Cc2ccccc2)CC1)c1nc(-c2ccc(Cl)cc2)cs1. The number of benzene rings is 2. The summed E-state index contributed by atoms with van der Waals surface area (Å²) in [6.07, 6.45) is 3.30. The number of nitriles is 1. The smallest absolute Gasteiger partial charge is 0.138 e. The second-order valence-electron chi connectivity index (χ2n) is 7.89. The maximum atomic E-state index is 10.7. The quantitative estimate of drug-likeness (QED) is 0.359. The van der Waals surface area contributed by atoms with Gasteiger partial charge in [0.25, 0.3) is 0 Å². The van der Waals surface area contributed by atoms with Crippen molar-refractivity contribution in [2.24, 2.45) is 5.92 Å². The second kappa shape index (κ2) is 10.1. The number of allylic oxidation sites excluding steroid dienone is 1. The highest BCUT2D eigenvalue weighted by Gasteiger charge is 2.22. The zero-order valence-corrected chi connectivity index (χ0v) is 18.7. The molecule has 1 saturated heterocycles. The van der Waals surface area contributed by atoms with E-state index >= 15 is 0 Å². The van der Waals surface area contributed by atoms with Crippen LogP contribution in [0.1, 0.15) is 23.4 Å². The minimum Gasteiger partial charge on any atom is -0.509 e. The van der Waals surface area contributed by atoms with E-state index in [1.54, 1.807) is 0 Å². The Balaban J connectivity index is 1.38. The number of nitrogens with zero attached hydrogens (tertiary/aromatic N) is 3. The van der Waals surface area contributed by atoms with Crippen LogP contribution in [0.5, 0.6) is 0 Å². The van der Waals surface area contributed by atoms with Crippen LogP contribution in [0.4, 0.5) is 0 Å². The Morgan fingerprint density at radius 3 is 2.52 bits per heavy atom. The Morgan fingerprint density at radius 1 is 1.13 bits per heavy atom. The van der Waals surface area contributed by atoms with Gasteiger partial charge >= 0.3 is 0 Å². The van der Waals surface area contributed by atoms with Crippen molar-refractivity contribution in [3.05, 3.63) is 81.3 Å². The lowest BCUT2D eigenvalue weighted by molar-refractivity contribution is 0.177. The first-order chi connectivity index (χ1) is 15.1. The van der Waals surface area contributed by atoms with Gasteiger partial charge in [0.05, 0.1) is 12.2 Å². The summed E-state index contributed by atoms with van der Waals surface area (Å²) in [5.41, 5.74) is 3.36. The number of piperidine rings is 1. The molecule has 0 saturated carbocycles. The van der Waals surface area contributed by atoms with Gasteiger partial charge in [-0.25, -0.2) is 4.98 Å². The molecule has 31 heavy (non-hydrogen) atoms. The summed E-state index contributed by atoms with van der Waals surface area (Å²) in [6.45, 7) is 2.24. The Kier molecular flexibility index (Phi) is 7.03. The summed E-state index contributed by atoms with van der Waals surface area (Å²) in [6, 6.07) is 20.2. The van der Waals surface area contributed by atoms with Crippen LogP contribution in [0, 0.1) is 17.2 Å². The Morgan fingerprint density at radius 2 is 1.84 bits per heavy atom. The monoisotopic (exact) mass is 449 g/mol. The zero-order chi connectivity index (χ0) is 21.6. The molecule has 4 rings (SSSR count). The van der Waals surface area contributed by atoms with Gasteiger partial charge in [0, 0.05) is 16.0 Å². The lowest BCUT2D eigenvalue weighted by Crippen LogP contribution is -2.35. The standard InChI is InChI=1S/C25H24ClN3OS/c26-21-8-6-20(7-9-21)23-17-31-25(28-23)22(15-27)24(30)16-29-12-10-19(11-13-29)14-18-4-2-1-3-5-18/h1-9,17,19,30H,10-14,16H2. The molecule has 1 aliphatic heterocycles. The molecule has 0 atom stereocenters. The highest BCUT2D eigenvalue weighted by atomic mass is 35.5. The molecule has 0 bridgehead atoms. The molecule has 0 unspecified atom stereocenters. The summed E-state index contributed by atoms with van der Waals surface area (Å²) >= 11 is 7.33. The van der Waals surface area contributed by atoms with Gasteiger partial charge in [0.15, 0.2) is 0 Å². The summed E-state index contributed by atoms with van der Waals surface area (Å²) in [5, 5.41) is 23.5. The summed E-state index contributed by atoms with van der Waals surface area (Å²) in [5.74, 6) is 0.766. The molecule has 1 fully saturated rings. The first-order valence-corrected chi connectivity index (χ1v) is 11.7. The molecule has 0 amide bonds. The van der Waals surface area contributed by atoms with E-state index in [-0.39, 0.29) is 11.3 Å². The van der Waals surface area contributed by atoms with E-state index in [0.29, 0.717) is 22.5 Å². The lowest BCUT2D eigenvalue weighted by Gasteiger charge is -2.31. The third-order valence-corrected chi connectivity index (χ3v) is 6.82. The van der Waals surface area contributed by atoms with Gasteiger partial charge < -0.3 is 5.11 Å².